The van der Waals surface area contributed by atoms with Crippen molar-refractivity contribution < 1.29 is 22.0 Å². The van der Waals surface area contributed by atoms with E-state index in [4.69, 9.17) is 11.6 Å². The summed E-state index contributed by atoms with van der Waals surface area (Å²) in [4.78, 5) is 3.87. The van der Waals surface area contributed by atoms with Gasteiger partial charge in [0.1, 0.15) is 11.6 Å². The van der Waals surface area contributed by atoms with Gasteiger partial charge in [-0.05, 0) is 22.0 Å². The molecule has 1 aromatic carbocycles. The summed E-state index contributed by atoms with van der Waals surface area (Å²) in [7, 11) is 0. The molecule has 2 rings (SSSR count). The minimum Gasteiger partial charge on any atom is -0.321 e. The van der Waals surface area contributed by atoms with Gasteiger partial charge in [0.15, 0.2) is 0 Å². The predicted molar refractivity (Wildman–Crippen MR) is 67.9 cm³/mol. The topological polar surface area (TPSA) is 17.8 Å². The molecule has 0 bridgehead atoms. The summed E-state index contributed by atoms with van der Waals surface area (Å²) < 4.78 is 65.3. The number of rotatable bonds is 4. The first-order valence-corrected chi connectivity index (χ1v) is 6.65. The number of benzene rings is 1. The van der Waals surface area contributed by atoms with E-state index in [0.29, 0.717) is 0 Å². The summed E-state index contributed by atoms with van der Waals surface area (Å²) in [5.41, 5.74) is 0.181. The van der Waals surface area contributed by atoms with Crippen molar-refractivity contribution in [3.8, 4) is 0 Å². The Morgan fingerprint density at radius 1 is 1.35 bits per heavy atom. The molecule has 1 aromatic heterocycles. The first-order valence-electron chi connectivity index (χ1n) is 5.32. The molecule has 0 atom stereocenters. The SMILES string of the molecule is Fc1cc2nc(CCl)n(CC(F)(F)C(F)F)c2cc1Br. The van der Waals surface area contributed by atoms with Gasteiger partial charge in [-0.1, -0.05) is 0 Å². The fraction of sp³-hybridized carbons (Fsp3) is 0.364. The zero-order chi connectivity index (χ0) is 15.1. The molecule has 2 nitrogen and oxygen atoms in total. The lowest BCUT2D eigenvalue weighted by molar-refractivity contribution is -0.137. The third-order valence-electron chi connectivity index (χ3n) is 2.68. The van der Waals surface area contributed by atoms with Crippen molar-refractivity contribution in [3.63, 3.8) is 0 Å². The highest BCUT2D eigenvalue weighted by Gasteiger charge is 2.41. The lowest BCUT2D eigenvalue weighted by atomic mass is 10.3. The van der Waals surface area contributed by atoms with Gasteiger partial charge in [-0.15, -0.1) is 11.6 Å². The highest BCUT2D eigenvalue weighted by molar-refractivity contribution is 9.10. The van der Waals surface area contributed by atoms with Gasteiger partial charge in [-0.2, -0.15) is 8.78 Å². The number of alkyl halides is 5. The van der Waals surface area contributed by atoms with E-state index in [1.54, 1.807) is 0 Å². The number of hydrogen-bond donors (Lipinski definition) is 0. The number of halogens is 7. The summed E-state index contributed by atoms with van der Waals surface area (Å²) in [5.74, 6) is -5.15. The summed E-state index contributed by atoms with van der Waals surface area (Å²) in [6, 6.07) is 2.22. The second-order valence-electron chi connectivity index (χ2n) is 4.06. The number of fused-ring (bicyclic) bond motifs is 1. The molecule has 0 aliphatic rings. The molecule has 0 fully saturated rings. The third-order valence-corrected chi connectivity index (χ3v) is 3.52. The van der Waals surface area contributed by atoms with Gasteiger partial charge < -0.3 is 4.57 Å². The van der Waals surface area contributed by atoms with E-state index in [1.807, 2.05) is 0 Å². The fourth-order valence-electron chi connectivity index (χ4n) is 1.73. The Hall–Kier alpha value is -0.890. The number of imidazole rings is 1. The normalized spacial score (nSPS) is 12.6. The lowest BCUT2D eigenvalue weighted by Crippen LogP contribution is -2.32. The molecule has 0 unspecified atom stereocenters. The quantitative estimate of drug-likeness (QED) is 0.563. The van der Waals surface area contributed by atoms with E-state index in [1.165, 1.54) is 6.07 Å². The van der Waals surface area contributed by atoms with Crippen LogP contribution in [-0.4, -0.2) is 21.9 Å². The average Bonchev–Trinajstić information content (AvgIpc) is 2.67. The van der Waals surface area contributed by atoms with Crippen molar-refractivity contribution in [2.45, 2.75) is 24.8 Å². The van der Waals surface area contributed by atoms with Gasteiger partial charge in [-0.3, -0.25) is 0 Å². The van der Waals surface area contributed by atoms with Gasteiger partial charge in [0.05, 0.1) is 27.9 Å². The zero-order valence-electron chi connectivity index (χ0n) is 9.69. The van der Waals surface area contributed by atoms with Crippen LogP contribution in [-0.2, 0) is 12.4 Å². The maximum Gasteiger partial charge on any atom is 0.324 e. The van der Waals surface area contributed by atoms with Crippen molar-refractivity contribution in [3.05, 3.63) is 28.2 Å². The van der Waals surface area contributed by atoms with Gasteiger partial charge in [0.2, 0.25) is 0 Å². The molecule has 9 heteroatoms. The molecular weight excluding hydrogens is 370 g/mol. The van der Waals surface area contributed by atoms with Crippen molar-refractivity contribution in [2.24, 2.45) is 0 Å². The van der Waals surface area contributed by atoms with Crippen molar-refractivity contribution >= 4 is 38.6 Å². The second-order valence-corrected chi connectivity index (χ2v) is 5.19. The Balaban J connectivity index is 2.59. The molecule has 0 radical (unpaired) electrons. The molecule has 0 saturated heterocycles. The van der Waals surface area contributed by atoms with Crippen LogP contribution in [0.1, 0.15) is 5.82 Å². The van der Waals surface area contributed by atoms with E-state index in [0.717, 1.165) is 10.6 Å². The van der Waals surface area contributed by atoms with E-state index in [9.17, 15) is 22.0 Å². The molecule has 20 heavy (non-hydrogen) atoms. The second kappa shape index (κ2) is 5.48. The largest absolute Gasteiger partial charge is 0.324 e. The number of hydrogen-bond acceptors (Lipinski definition) is 1. The Morgan fingerprint density at radius 3 is 2.55 bits per heavy atom. The molecular formula is C11H7BrClF5N2. The van der Waals surface area contributed by atoms with E-state index in [-0.39, 0.29) is 27.2 Å². The van der Waals surface area contributed by atoms with E-state index >= 15 is 0 Å². The van der Waals surface area contributed by atoms with Crippen molar-refractivity contribution in [1.82, 2.24) is 9.55 Å². The highest BCUT2D eigenvalue weighted by Crippen LogP contribution is 2.30. The summed E-state index contributed by atoms with van der Waals surface area (Å²) in [6.45, 7) is -1.28. The van der Waals surface area contributed by atoms with Crippen molar-refractivity contribution in [2.75, 3.05) is 0 Å². The zero-order valence-corrected chi connectivity index (χ0v) is 12.0. The third kappa shape index (κ3) is 2.76. The Kier molecular flexibility index (Phi) is 4.24. The van der Waals surface area contributed by atoms with E-state index in [2.05, 4.69) is 20.9 Å². The fourth-order valence-corrected chi connectivity index (χ4v) is 2.26. The maximum absolute atomic E-state index is 13.4. The molecule has 0 N–H and O–H groups in total. The summed E-state index contributed by atoms with van der Waals surface area (Å²) in [5, 5.41) is 0. The van der Waals surface area contributed by atoms with Crippen LogP contribution in [0.15, 0.2) is 16.6 Å². The smallest absolute Gasteiger partial charge is 0.321 e. The van der Waals surface area contributed by atoms with Gasteiger partial charge in [0, 0.05) is 6.07 Å². The molecule has 1 heterocycles. The number of nitrogens with zero attached hydrogens (tertiary/aromatic N) is 2. The standard InChI is InChI=1S/C11H7BrClF5N2/c12-5-1-8-7(2-6(5)14)19-9(3-13)20(8)4-11(17,18)10(15)16/h1-2,10H,3-4H2. The van der Waals surface area contributed by atoms with Crippen LogP contribution in [0.4, 0.5) is 22.0 Å². The van der Waals surface area contributed by atoms with Crippen LogP contribution >= 0.6 is 27.5 Å². The molecule has 0 aliphatic heterocycles. The van der Waals surface area contributed by atoms with Gasteiger partial charge in [0.25, 0.3) is 0 Å². The minimum absolute atomic E-state index is 0.0210. The van der Waals surface area contributed by atoms with Crippen LogP contribution < -0.4 is 0 Å². The van der Waals surface area contributed by atoms with Crippen LogP contribution in [0.25, 0.3) is 11.0 Å². The first-order chi connectivity index (χ1) is 9.26. The number of aromatic nitrogens is 2. The Bertz CT molecular complexity index is 643. The minimum atomic E-state index is -4.23. The van der Waals surface area contributed by atoms with Gasteiger partial charge in [-0.25, -0.2) is 18.2 Å². The van der Waals surface area contributed by atoms with Crippen LogP contribution in [0.3, 0.4) is 0 Å². The Labute approximate surface area is 123 Å². The monoisotopic (exact) mass is 376 g/mol. The van der Waals surface area contributed by atoms with Gasteiger partial charge >= 0.3 is 12.3 Å². The van der Waals surface area contributed by atoms with E-state index < -0.39 is 24.7 Å². The summed E-state index contributed by atoms with van der Waals surface area (Å²) >= 11 is 8.48. The van der Waals surface area contributed by atoms with Crippen LogP contribution in [0.2, 0.25) is 0 Å². The molecule has 110 valence electrons. The lowest BCUT2D eigenvalue weighted by Gasteiger charge is -2.17. The van der Waals surface area contributed by atoms with Crippen LogP contribution in [0, 0.1) is 5.82 Å². The predicted octanol–water partition coefficient (Wildman–Crippen LogP) is 4.58. The molecule has 0 spiro atoms. The highest BCUT2D eigenvalue weighted by atomic mass is 79.9. The molecule has 2 aromatic rings. The average molecular weight is 378 g/mol. The van der Waals surface area contributed by atoms with Crippen LogP contribution in [0.5, 0.6) is 0 Å². The summed E-state index contributed by atoms with van der Waals surface area (Å²) in [6.07, 6.45) is -3.81. The maximum atomic E-state index is 13.4. The molecule has 0 saturated carbocycles. The molecule has 0 aliphatic carbocycles. The first kappa shape index (κ1) is 15.5. The van der Waals surface area contributed by atoms with Crippen molar-refractivity contribution in [1.29, 1.82) is 0 Å². The Morgan fingerprint density at radius 2 is 2.00 bits per heavy atom. The molecule has 0 amide bonds.